The second kappa shape index (κ2) is 6.36. The number of aryl methyl sites for hydroxylation is 1. The fourth-order valence-electron chi connectivity index (χ4n) is 1.72. The molecule has 6 heteroatoms. The van der Waals surface area contributed by atoms with Crippen LogP contribution in [0.25, 0.3) is 0 Å². The molecule has 0 aromatic heterocycles. The quantitative estimate of drug-likeness (QED) is 0.777. The lowest BCUT2D eigenvalue weighted by molar-refractivity contribution is 0.157. The number of ether oxygens (including phenoxy) is 1. The molecule has 1 atom stereocenters. The maximum atomic E-state index is 12.3. The Morgan fingerprint density at radius 3 is 2.47 bits per heavy atom. The van der Waals surface area contributed by atoms with Gasteiger partial charge in [-0.05, 0) is 30.5 Å². The minimum absolute atomic E-state index is 0.111. The first kappa shape index (κ1) is 15.9. The van der Waals surface area contributed by atoms with Crippen LogP contribution in [0.15, 0.2) is 23.1 Å². The van der Waals surface area contributed by atoms with E-state index in [-0.39, 0.29) is 22.5 Å². The maximum Gasteiger partial charge on any atom is 0.242 e. The molecule has 1 unspecified atom stereocenters. The number of methoxy groups -OCH3 is 1. The van der Waals surface area contributed by atoms with Crippen LogP contribution >= 0.6 is 0 Å². The molecule has 19 heavy (non-hydrogen) atoms. The number of hydrogen-bond donors (Lipinski definition) is 2. The average Bonchev–Trinajstić information content (AvgIpc) is 2.27. The van der Waals surface area contributed by atoms with Crippen LogP contribution in [0.4, 0.5) is 5.69 Å². The number of nitrogens with one attached hydrogen (secondary N) is 1. The molecule has 5 nitrogen and oxygen atoms in total. The molecule has 0 aliphatic rings. The van der Waals surface area contributed by atoms with Crippen molar-refractivity contribution in [2.75, 3.05) is 19.5 Å². The number of benzene rings is 1. The molecule has 0 heterocycles. The Kier molecular flexibility index (Phi) is 5.34. The summed E-state index contributed by atoms with van der Waals surface area (Å²) in [5.41, 5.74) is 6.96. The van der Waals surface area contributed by atoms with Crippen molar-refractivity contribution in [1.29, 1.82) is 0 Å². The monoisotopic (exact) mass is 286 g/mol. The van der Waals surface area contributed by atoms with Crippen molar-refractivity contribution in [3.8, 4) is 0 Å². The Labute approximate surface area is 115 Å². The smallest absolute Gasteiger partial charge is 0.242 e. The van der Waals surface area contributed by atoms with Gasteiger partial charge in [-0.3, -0.25) is 0 Å². The van der Waals surface area contributed by atoms with E-state index >= 15 is 0 Å². The Bertz CT molecular complexity index is 527. The summed E-state index contributed by atoms with van der Waals surface area (Å²) in [7, 11) is -2.08. The number of anilines is 1. The maximum absolute atomic E-state index is 12.3. The molecule has 1 rings (SSSR count). The zero-order valence-electron chi connectivity index (χ0n) is 11.8. The second-order valence-electron chi connectivity index (χ2n) is 4.97. The van der Waals surface area contributed by atoms with E-state index in [0.29, 0.717) is 6.61 Å². The highest BCUT2D eigenvalue weighted by Gasteiger charge is 2.24. The summed E-state index contributed by atoms with van der Waals surface area (Å²) >= 11 is 0. The lowest BCUT2D eigenvalue weighted by atomic mass is 10.1. The summed E-state index contributed by atoms with van der Waals surface area (Å²) in [6.45, 7) is 6.06. The minimum atomic E-state index is -3.63. The summed E-state index contributed by atoms with van der Waals surface area (Å²) in [6.07, 6.45) is 0. The van der Waals surface area contributed by atoms with Crippen LogP contribution in [-0.4, -0.2) is 28.2 Å². The molecule has 0 saturated heterocycles. The molecule has 0 aliphatic carbocycles. The zero-order valence-corrected chi connectivity index (χ0v) is 12.6. The molecule has 0 aliphatic heterocycles. The van der Waals surface area contributed by atoms with Crippen LogP contribution in [0.2, 0.25) is 0 Å². The molecule has 0 amide bonds. The molecule has 0 bridgehead atoms. The van der Waals surface area contributed by atoms with Crippen molar-refractivity contribution >= 4 is 15.7 Å². The second-order valence-corrected chi connectivity index (χ2v) is 6.65. The van der Waals surface area contributed by atoms with Gasteiger partial charge < -0.3 is 10.5 Å². The fraction of sp³-hybridized carbons (Fsp3) is 0.538. The van der Waals surface area contributed by atoms with Crippen molar-refractivity contribution in [2.45, 2.75) is 31.7 Å². The topological polar surface area (TPSA) is 81.4 Å². The lowest BCUT2D eigenvalue weighted by Gasteiger charge is -2.21. The van der Waals surface area contributed by atoms with Crippen LogP contribution in [0.3, 0.4) is 0 Å². The Morgan fingerprint density at radius 1 is 1.37 bits per heavy atom. The number of sulfonamides is 1. The first-order valence-corrected chi connectivity index (χ1v) is 7.63. The highest BCUT2D eigenvalue weighted by atomic mass is 32.2. The fourth-order valence-corrected chi connectivity index (χ4v) is 3.20. The van der Waals surface area contributed by atoms with Gasteiger partial charge in [-0.25, -0.2) is 13.1 Å². The van der Waals surface area contributed by atoms with Gasteiger partial charge in [-0.1, -0.05) is 19.9 Å². The Balaban J connectivity index is 3.03. The van der Waals surface area contributed by atoms with E-state index in [1.165, 1.54) is 6.07 Å². The van der Waals surface area contributed by atoms with Crippen molar-refractivity contribution < 1.29 is 13.2 Å². The van der Waals surface area contributed by atoms with Gasteiger partial charge in [0.05, 0.1) is 12.3 Å². The van der Waals surface area contributed by atoms with E-state index in [4.69, 9.17) is 10.5 Å². The Morgan fingerprint density at radius 2 is 2.00 bits per heavy atom. The molecule has 0 saturated carbocycles. The van der Waals surface area contributed by atoms with E-state index in [1.807, 2.05) is 20.8 Å². The summed E-state index contributed by atoms with van der Waals surface area (Å²) in [5, 5.41) is 0. The molecule has 1 aromatic rings. The molecular weight excluding hydrogens is 264 g/mol. The SMILES string of the molecule is COCC(NS(=O)(=O)c1ccc(C)cc1N)C(C)C. The first-order chi connectivity index (χ1) is 8.77. The molecule has 0 radical (unpaired) electrons. The summed E-state index contributed by atoms with van der Waals surface area (Å²) in [6, 6.07) is 4.62. The van der Waals surface area contributed by atoms with Gasteiger partial charge in [-0.15, -0.1) is 0 Å². The van der Waals surface area contributed by atoms with E-state index in [2.05, 4.69) is 4.72 Å². The highest BCUT2D eigenvalue weighted by Crippen LogP contribution is 2.20. The lowest BCUT2D eigenvalue weighted by Crippen LogP contribution is -2.41. The standard InChI is InChI=1S/C13H22N2O3S/c1-9(2)12(8-18-4)15-19(16,17)13-6-5-10(3)7-11(13)14/h5-7,9,12,15H,8,14H2,1-4H3. The van der Waals surface area contributed by atoms with Gasteiger partial charge in [0.25, 0.3) is 0 Å². The van der Waals surface area contributed by atoms with E-state index < -0.39 is 10.0 Å². The van der Waals surface area contributed by atoms with Crippen molar-refractivity contribution in [2.24, 2.45) is 5.92 Å². The number of nitrogen functional groups attached to an aromatic ring is 1. The molecule has 3 N–H and O–H groups in total. The van der Waals surface area contributed by atoms with Crippen LogP contribution in [-0.2, 0) is 14.8 Å². The van der Waals surface area contributed by atoms with Crippen molar-refractivity contribution in [3.63, 3.8) is 0 Å². The third-order valence-electron chi connectivity index (χ3n) is 2.91. The molecule has 0 spiro atoms. The van der Waals surface area contributed by atoms with Gasteiger partial charge >= 0.3 is 0 Å². The zero-order chi connectivity index (χ0) is 14.6. The largest absolute Gasteiger partial charge is 0.398 e. The number of nitrogens with two attached hydrogens (primary N) is 1. The molecule has 1 aromatic carbocycles. The predicted molar refractivity (Wildman–Crippen MR) is 76.4 cm³/mol. The summed E-state index contributed by atoms with van der Waals surface area (Å²) in [5.74, 6) is 0.126. The van der Waals surface area contributed by atoms with Gasteiger partial charge in [0, 0.05) is 13.2 Å². The molecule has 108 valence electrons. The van der Waals surface area contributed by atoms with Gasteiger partial charge in [-0.2, -0.15) is 0 Å². The van der Waals surface area contributed by atoms with Crippen LogP contribution < -0.4 is 10.5 Å². The van der Waals surface area contributed by atoms with Crippen molar-refractivity contribution in [3.05, 3.63) is 23.8 Å². The molecule has 0 fully saturated rings. The predicted octanol–water partition coefficient (Wildman–Crippen LogP) is 1.53. The third kappa shape index (κ3) is 4.19. The first-order valence-electron chi connectivity index (χ1n) is 6.15. The van der Waals surface area contributed by atoms with Gasteiger partial charge in [0.2, 0.25) is 10.0 Å². The Hall–Kier alpha value is -1.11. The van der Waals surface area contributed by atoms with Crippen LogP contribution in [0.5, 0.6) is 0 Å². The third-order valence-corrected chi connectivity index (χ3v) is 4.48. The van der Waals surface area contributed by atoms with Crippen LogP contribution in [0, 0.1) is 12.8 Å². The number of hydrogen-bond acceptors (Lipinski definition) is 4. The highest BCUT2D eigenvalue weighted by molar-refractivity contribution is 7.89. The van der Waals surface area contributed by atoms with Gasteiger partial charge in [0.15, 0.2) is 0 Å². The summed E-state index contributed by atoms with van der Waals surface area (Å²) in [4.78, 5) is 0.111. The summed E-state index contributed by atoms with van der Waals surface area (Å²) < 4.78 is 32.3. The van der Waals surface area contributed by atoms with Crippen molar-refractivity contribution in [1.82, 2.24) is 4.72 Å². The van der Waals surface area contributed by atoms with Crippen LogP contribution in [0.1, 0.15) is 19.4 Å². The average molecular weight is 286 g/mol. The normalized spacial score (nSPS) is 13.7. The minimum Gasteiger partial charge on any atom is -0.398 e. The van der Waals surface area contributed by atoms with E-state index in [9.17, 15) is 8.42 Å². The van der Waals surface area contributed by atoms with E-state index in [1.54, 1.807) is 19.2 Å². The van der Waals surface area contributed by atoms with E-state index in [0.717, 1.165) is 5.56 Å². The number of rotatable bonds is 6. The molecular formula is C13H22N2O3S. The van der Waals surface area contributed by atoms with Gasteiger partial charge in [0.1, 0.15) is 4.90 Å².